The monoisotopic (exact) mass is 451 g/mol. The minimum atomic E-state index is 0.916. The number of fused-ring (bicyclic) bond motifs is 6. The predicted octanol–water partition coefficient (Wildman–Crippen LogP) is 7.75. The van der Waals surface area contributed by atoms with Crippen molar-refractivity contribution in [1.29, 1.82) is 0 Å². The maximum absolute atomic E-state index is 6.79. The summed E-state index contributed by atoms with van der Waals surface area (Å²) >= 11 is 0. The van der Waals surface area contributed by atoms with Crippen LogP contribution in [0.15, 0.2) is 108 Å². The largest absolute Gasteiger partial charge is 0.455 e. The van der Waals surface area contributed by atoms with Gasteiger partial charge in [0.1, 0.15) is 23.1 Å². The molecule has 0 unspecified atom stereocenters. The summed E-state index contributed by atoms with van der Waals surface area (Å²) in [4.78, 5) is 4.26. The van der Waals surface area contributed by atoms with E-state index in [2.05, 4.69) is 96.8 Å². The van der Waals surface area contributed by atoms with Gasteiger partial charge >= 0.3 is 0 Å². The molecule has 0 radical (unpaired) electrons. The van der Waals surface area contributed by atoms with Gasteiger partial charge in [-0.3, -0.25) is 0 Å². The molecule has 0 aliphatic heterocycles. The molecule has 7 aromatic rings. The summed E-state index contributed by atoms with van der Waals surface area (Å²) in [5.41, 5.74) is 7.51. The maximum Gasteiger partial charge on any atom is 0.286 e. The van der Waals surface area contributed by atoms with Gasteiger partial charge in [-0.1, -0.05) is 83.8 Å². The van der Waals surface area contributed by atoms with Crippen LogP contribution < -0.4 is 4.57 Å². The van der Waals surface area contributed by atoms with Crippen molar-refractivity contribution in [2.45, 2.75) is 6.92 Å². The summed E-state index contributed by atoms with van der Waals surface area (Å²) in [6.45, 7) is 2.14. The first-order valence-electron chi connectivity index (χ1n) is 11.9. The van der Waals surface area contributed by atoms with Gasteiger partial charge in [0, 0.05) is 22.4 Å². The first-order valence-corrected chi connectivity index (χ1v) is 11.9. The lowest BCUT2D eigenvalue weighted by Crippen LogP contribution is -2.31. The van der Waals surface area contributed by atoms with Crippen molar-refractivity contribution in [2.24, 2.45) is 7.05 Å². The smallest absolute Gasteiger partial charge is 0.286 e. The molecule has 0 fully saturated rings. The van der Waals surface area contributed by atoms with E-state index in [1.165, 1.54) is 32.7 Å². The number of aryl methyl sites for hydroxylation is 2. The molecule has 0 aliphatic rings. The van der Waals surface area contributed by atoms with Crippen LogP contribution in [-0.4, -0.2) is 4.98 Å². The molecule has 2 aromatic heterocycles. The fourth-order valence-corrected chi connectivity index (χ4v) is 5.46. The van der Waals surface area contributed by atoms with E-state index in [4.69, 9.17) is 4.42 Å². The van der Waals surface area contributed by atoms with E-state index in [9.17, 15) is 0 Å². The number of hydrogen-bond acceptors (Lipinski definition) is 2. The van der Waals surface area contributed by atoms with Gasteiger partial charge in [-0.05, 0) is 45.7 Å². The molecular weight excluding hydrogens is 428 g/mol. The van der Waals surface area contributed by atoms with Crippen molar-refractivity contribution in [3.63, 3.8) is 0 Å². The van der Waals surface area contributed by atoms with Crippen LogP contribution in [0.4, 0.5) is 0 Å². The van der Waals surface area contributed by atoms with E-state index in [1.54, 1.807) is 0 Å². The average Bonchev–Trinajstić information content (AvgIpc) is 3.28. The molecule has 0 spiro atoms. The van der Waals surface area contributed by atoms with Crippen molar-refractivity contribution in [3.05, 3.63) is 109 Å². The Balaban J connectivity index is 1.60. The quantitative estimate of drug-likeness (QED) is 0.199. The Bertz CT molecular complexity index is 1930. The van der Waals surface area contributed by atoms with Crippen molar-refractivity contribution in [1.82, 2.24) is 4.98 Å². The standard InChI is InChI=1S/C32H23N2O/c1-20-14-15-27-25-12-7-13-26(31(25)35-32(27)30(20)29-16-17-33-19-34(29)2)28-18-21-8-3-4-9-22(21)23-10-5-6-11-24(23)28/h3-19H,1-2H3/q+1. The fraction of sp³-hybridized carbons (Fsp3) is 0.0625. The topological polar surface area (TPSA) is 29.9 Å². The number of aromatic nitrogens is 2. The number of para-hydroxylation sites is 1. The Morgan fingerprint density at radius 1 is 0.657 bits per heavy atom. The third-order valence-electron chi connectivity index (χ3n) is 7.13. The Hall–Kier alpha value is -4.50. The predicted molar refractivity (Wildman–Crippen MR) is 143 cm³/mol. The second-order valence-electron chi connectivity index (χ2n) is 9.19. The second kappa shape index (κ2) is 7.51. The summed E-state index contributed by atoms with van der Waals surface area (Å²) in [6.07, 6.45) is 3.67. The maximum atomic E-state index is 6.79. The molecule has 0 bridgehead atoms. The Labute approximate surface area is 202 Å². The van der Waals surface area contributed by atoms with Crippen LogP contribution in [0.3, 0.4) is 0 Å². The van der Waals surface area contributed by atoms with E-state index in [0.29, 0.717) is 0 Å². The summed E-state index contributed by atoms with van der Waals surface area (Å²) in [6, 6.07) is 32.5. The summed E-state index contributed by atoms with van der Waals surface area (Å²) in [7, 11) is 2.02. The zero-order chi connectivity index (χ0) is 23.5. The summed E-state index contributed by atoms with van der Waals surface area (Å²) < 4.78 is 8.83. The Morgan fingerprint density at radius 2 is 1.40 bits per heavy atom. The van der Waals surface area contributed by atoms with Crippen molar-refractivity contribution in [2.75, 3.05) is 0 Å². The molecule has 2 heterocycles. The minimum Gasteiger partial charge on any atom is -0.455 e. The van der Waals surface area contributed by atoms with Gasteiger partial charge in [0.2, 0.25) is 0 Å². The van der Waals surface area contributed by atoms with Crippen LogP contribution in [-0.2, 0) is 7.05 Å². The number of hydrogen-bond donors (Lipinski definition) is 0. The molecule has 0 saturated carbocycles. The first kappa shape index (κ1) is 19.9. The zero-order valence-electron chi connectivity index (χ0n) is 19.6. The molecule has 5 aromatic carbocycles. The third kappa shape index (κ3) is 2.91. The van der Waals surface area contributed by atoms with E-state index in [0.717, 1.165) is 38.8 Å². The highest BCUT2D eigenvalue weighted by Gasteiger charge is 2.21. The van der Waals surface area contributed by atoms with Gasteiger partial charge in [0.15, 0.2) is 0 Å². The summed E-state index contributed by atoms with van der Waals surface area (Å²) in [5.74, 6) is 0. The van der Waals surface area contributed by atoms with Gasteiger partial charge < -0.3 is 4.42 Å². The third-order valence-corrected chi connectivity index (χ3v) is 7.13. The first-order chi connectivity index (χ1) is 17.2. The zero-order valence-corrected chi connectivity index (χ0v) is 19.6. The van der Waals surface area contributed by atoms with Crippen LogP contribution in [0.5, 0.6) is 0 Å². The van der Waals surface area contributed by atoms with Gasteiger partial charge in [-0.15, -0.1) is 0 Å². The average molecular weight is 452 g/mol. The summed E-state index contributed by atoms with van der Waals surface area (Å²) in [5, 5.41) is 7.25. The molecule has 0 amide bonds. The lowest BCUT2D eigenvalue weighted by molar-refractivity contribution is -0.663. The molecule has 3 heteroatoms. The van der Waals surface area contributed by atoms with Gasteiger partial charge in [0.25, 0.3) is 6.33 Å². The van der Waals surface area contributed by atoms with E-state index in [-0.39, 0.29) is 0 Å². The van der Waals surface area contributed by atoms with Crippen molar-refractivity contribution >= 4 is 43.5 Å². The number of furan rings is 1. The fourth-order valence-electron chi connectivity index (χ4n) is 5.46. The second-order valence-corrected chi connectivity index (χ2v) is 9.19. The Morgan fingerprint density at radius 3 is 2.26 bits per heavy atom. The van der Waals surface area contributed by atoms with Crippen LogP contribution in [0.2, 0.25) is 0 Å². The molecule has 0 N–H and O–H groups in total. The normalized spacial score (nSPS) is 11.7. The molecule has 0 saturated heterocycles. The lowest BCUT2D eigenvalue weighted by atomic mass is 9.92. The Kier molecular flexibility index (Phi) is 4.27. The van der Waals surface area contributed by atoms with E-state index >= 15 is 0 Å². The molecule has 0 aliphatic carbocycles. The lowest BCUT2D eigenvalue weighted by Gasteiger charge is -2.11. The molecule has 3 nitrogen and oxygen atoms in total. The van der Waals surface area contributed by atoms with Crippen molar-refractivity contribution in [3.8, 4) is 22.4 Å². The molecular formula is C32H23N2O+. The molecule has 166 valence electrons. The minimum absolute atomic E-state index is 0.916. The molecule has 0 atom stereocenters. The van der Waals surface area contributed by atoms with Crippen LogP contribution in [0.1, 0.15) is 5.56 Å². The number of benzene rings is 5. The van der Waals surface area contributed by atoms with Gasteiger partial charge in [0.05, 0.1) is 12.6 Å². The van der Waals surface area contributed by atoms with Gasteiger partial charge in [-0.2, -0.15) is 0 Å². The highest BCUT2D eigenvalue weighted by Crippen LogP contribution is 2.43. The molecule has 7 rings (SSSR count). The molecule has 35 heavy (non-hydrogen) atoms. The van der Waals surface area contributed by atoms with E-state index < -0.39 is 0 Å². The SMILES string of the molecule is Cc1ccc2c(oc3c(-c4cc5ccccc5c5ccccc45)cccc32)c1-c1ccnc[n+]1C. The highest BCUT2D eigenvalue weighted by molar-refractivity contribution is 6.18. The van der Waals surface area contributed by atoms with Gasteiger partial charge in [-0.25, -0.2) is 4.57 Å². The van der Waals surface area contributed by atoms with E-state index in [1.807, 2.05) is 30.2 Å². The van der Waals surface area contributed by atoms with Crippen LogP contribution in [0.25, 0.3) is 65.9 Å². The highest BCUT2D eigenvalue weighted by atomic mass is 16.3. The van der Waals surface area contributed by atoms with Crippen LogP contribution in [0, 0.1) is 6.92 Å². The number of rotatable bonds is 2. The van der Waals surface area contributed by atoms with Crippen molar-refractivity contribution < 1.29 is 8.98 Å². The van der Waals surface area contributed by atoms with Crippen LogP contribution >= 0.6 is 0 Å². The number of nitrogens with zero attached hydrogens (tertiary/aromatic N) is 2.